The second-order valence-electron chi connectivity index (χ2n) is 3.76. The molecule has 0 spiro atoms. The van der Waals surface area contributed by atoms with Gasteiger partial charge in [-0.3, -0.25) is 0 Å². The van der Waals surface area contributed by atoms with Crippen LogP contribution in [0.4, 0.5) is 0 Å². The minimum atomic E-state index is -1.12. The molecular formula is C11H9N3O4. The highest BCUT2D eigenvalue weighted by molar-refractivity contribution is 5.92. The van der Waals surface area contributed by atoms with Crippen molar-refractivity contribution >= 4 is 5.97 Å². The number of hydrogen-bond acceptors (Lipinski definition) is 5. The topological polar surface area (TPSA) is 86.5 Å². The first-order valence-electron chi connectivity index (χ1n) is 5.20. The summed E-state index contributed by atoms with van der Waals surface area (Å²) in [6, 6.07) is 5.14. The molecule has 0 bridgehead atoms. The zero-order valence-electron chi connectivity index (χ0n) is 9.45. The summed E-state index contributed by atoms with van der Waals surface area (Å²) in [7, 11) is 1.57. The predicted octanol–water partition coefficient (Wildman–Crippen LogP) is 0.909. The van der Waals surface area contributed by atoms with Crippen molar-refractivity contribution in [2.24, 2.45) is 7.05 Å². The van der Waals surface area contributed by atoms with Gasteiger partial charge in [0.05, 0.1) is 0 Å². The Morgan fingerprint density at radius 3 is 2.89 bits per heavy atom. The lowest BCUT2D eigenvalue weighted by atomic mass is 10.1. The van der Waals surface area contributed by atoms with Gasteiger partial charge in [-0.05, 0) is 18.2 Å². The van der Waals surface area contributed by atoms with E-state index in [4.69, 9.17) is 14.6 Å². The number of carboxylic acid groups (broad SMARTS) is 1. The van der Waals surface area contributed by atoms with Crippen LogP contribution in [0, 0.1) is 0 Å². The molecule has 0 amide bonds. The van der Waals surface area contributed by atoms with Crippen LogP contribution in [-0.2, 0) is 7.05 Å². The number of carboxylic acids is 1. The number of aryl methyl sites for hydroxylation is 1. The molecule has 1 aromatic carbocycles. The van der Waals surface area contributed by atoms with Gasteiger partial charge in [0.2, 0.25) is 6.79 Å². The molecule has 1 aromatic heterocycles. The van der Waals surface area contributed by atoms with Gasteiger partial charge in [-0.25, -0.2) is 4.79 Å². The molecule has 1 aliphatic rings. The molecule has 2 heterocycles. The molecule has 18 heavy (non-hydrogen) atoms. The van der Waals surface area contributed by atoms with Crippen LogP contribution in [0.5, 0.6) is 11.5 Å². The van der Waals surface area contributed by atoms with E-state index in [1.165, 1.54) is 4.80 Å². The monoisotopic (exact) mass is 247 g/mol. The summed E-state index contributed by atoms with van der Waals surface area (Å²) in [6.07, 6.45) is 0. The fourth-order valence-corrected chi connectivity index (χ4v) is 1.79. The van der Waals surface area contributed by atoms with E-state index in [1.54, 1.807) is 25.2 Å². The lowest BCUT2D eigenvalue weighted by molar-refractivity contribution is 0.0690. The molecule has 0 saturated carbocycles. The highest BCUT2D eigenvalue weighted by Crippen LogP contribution is 2.35. The quantitative estimate of drug-likeness (QED) is 0.848. The molecule has 7 nitrogen and oxygen atoms in total. The Hall–Kier alpha value is -2.57. The summed E-state index contributed by atoms with van der Waals surface area (Å²) in [5, 5.41) is 16.9. The van der Waals surface area contributed by atoms with Crippen molar-refractivity contribution in [2.75, 3.05) is 6.79 Å². The Bertz CT molecular complexity index is 635. The highest BCUT2D eigenvalue weighted by atomic mass is 16.7. The highest BCUT2D eigenvalue weighted by Gasteiger charge is 2.21. The number of fused-ring (bicyclic) bond motifs is 1. The first-order chi connectivity index (χ1) is 8.65. The van der Waals surface area contributed by atoms with Gasteiger partial charge in [0.25, 0.3) is 0 Å². The van der Waals surface area contributed by atoms with Crippen molar-refractivity contribution in [1.29, 1.82) is 0 Å². The summed E-state index contributed by atoms with van der Waals surface area (Å²) in [4.78, 5) is 12.3. The van der Waals surface area contributed by atoms with Crippen LogP contribution in [0.15, 0.2) is 18.2 Å². The van der Waals surface area contributed by atoms with E-state index < -0.39 is 5.97 Å². The molecule has 3 rings (SSSR count). The number of aromatic carboxylic acids is 1. The Balaban J connectivity index is 2.12. The molecule has 0 unspecified atom stereocenters. The number of nitrogens with zero attached hydrogens (tertiary/aromatic N) is 3. The molecule has 1 N–H and O–H groups in total. The van der Waals surface area contributed by atoms with Crippen molar-refractivity contribution < 1.29 is 19.4 Å². The van der Waals surface area contributed by atoms with Crippen molar-refractivity contribution in [3.8, 4) is 22.8 Å². The van der Waals surface area contributed by atoms with Gasteiger partial charge >= 0.3 is 5.97 Å². The average molecular weight is 247 g/mol. The average Bonchev–Trinajstić information content (AvgIpc) is 2.93. The van der Waals surface area contributed by atoms with E-state index in [1.807, 2.05) is 0 Å². The molecule has 0 radical (unpaired) electrons. The minimum absolute atomic E-state index is 0.0867. The van der Waals surface area contributed by atoms with E-state index in [9.17, 15) is 4.79 Å². The number of hydrogen-bond donors (Lipinski definition) is 1. The van der Waals surface area contributed by atoms with Gasteiger partial charge in [0, 0.05) is 12.6 Å². The lowest BCUT2D eigenvalue weighted by Crippen LogP contribution is -2.00. The van der Waals surface area contributed by atoms with Gasteiger partial charge in [-0.15, -0.1) is 5.10 Å². The van der Waals surface area contributed by atoms with Crippen LogP contribution in [0.1, 0.15) is 10.5 Å². The third-order valence-corrected chi connectivity index (χ3v) is 2.56. The van der Waals surface area contributed by atoms with E-state index >= 15 is 0 Å². The smallest absolute Gasteiger partial charge is 0.358 e. The first kappa shape index (κ1) is 10.6. The standard InChI is InChI=1S/C11H9N3O4/c1-14-12-9(10(13-14)11(15)16)6-2-3-7-8(4-6)18-5-17-7/h2-4H,5H2,1H3,(H,15,16). The van der Waals surface area contributed by atoms with Crippen LogP contribution >= 0.6 is 0 Å². The third-order valence-electron chi connectivity index (χ3n) is 2.56. The molecule has 0 saturated heterocycles. The van der Waals surface area contributed by atoms with Crippen molar-refractivity contribution in [2.45, 2.75) is 0 Å². The van der Waals surface area contributed by atoms with Crippen LogP contribution in [0.3, 0.4) is 0 Å². The maximum Gasteiger partial charge on any atom is 0.358 e. The number of benzene rings is 1. The number of aromatic nitrogens is 3. The van der Waals surface area contributed by atoms with E-state index in [0.29, 0.717) is 22.8 Å². The Kier molecular flexibility index (Phi) is 2.19. The SMILES string of the molecule is Cn1nc(C(=O)O)c(-c2ccc3c(c2)OCO3)n1. The maximum absolute atomic E-state index is 11.1. The minimum Gasteiger partial charge on any atom is -0.476 e. The molecule has 0 aliphatic carbocycles. The molecule has 0 atom stereocenters. The van der Waals surface area contributed by atoms with Crippen LogP contribution < -0.4 is 9.47 Å². The van der Waals surface area contributed by atoms with Crippen LogP contribution in [-0.4, -0.2) is 32.9 Å². The lowest BCUT2D eigenvalue weighted by Gasteiger charge is -2.00. The van der Waals surface area contributed by atoms with E-state index in [0.717, 1.165) is 0 Å². The van der Waals surface area contributed by atoms with E-state index in [2.05, 4.69) is 10.2 Å². The Morgan fingerprint density at radius 1 is 1.33 bits per heavy atom. The number of carbonyl (C=O) groups is 1. The zero-order chi connectivity index (χ0) is 12.7. The summed E-state index contributed by atoms with van der Waals surface area (Å²) < 4.78 is 10.4. The van der Waals surface area contributed by atoms with Crippen molar-refractivity contribution in [3.63, 3.8) is 0 Å². The maximum atomic E-state index is 11.1. The van der Waals surface area contributed by atoms with E-state index in [-0.39, 0.29) is 12.5 Å². The normalized spacial score (nSPS) is 12.7. The summed E-state index contributed by atoms with van der Waals surface area (Å²) in [5.74, 6) is 0.102. The van der Waals surface area contributed by atoms with Gasteiger partial charge in [0.1, 0.15) is 5.69 Å². The number of ether oxygens (including phenoxy) is 2. The summed E-state index contributed by atoms with van der Waals surface area (Å²) in [6.45, 7) is 0.172. The Labute approximate surface area is 102 Å². The molecule has 2 aromatic rings. The van der Waals surface area contributed by atoms with Crippen LogP contribution in [0.25, 0.3) is 11.3 Å². The second kappa shape index (κ2) is 3.73. The molecule has 0 fully saturated rings. The predicted molar refractivity (Wildman–Crippen MR) is 59.5 cm³/mol. The van der Waals surface area contributed by atoms with Crippen molar-refractivity contribution in [1.82, 2.24) is 15.0 Å². The zero-order valence-corrected chi connectivity index (χ0v) is 9.45. The van der Waals surface area contributed by atoms with Crippen molar-refractivity contribution in [3.05, 3.63) is 23.9 Å². The Morgan fingerprint density at radius 2 is 2.11 bits per heavy atom. The molecule has 7 heteroatoms. The second-order valence-corrected chi connectivity index (χ2v) is 3.76. The fraction of sp³-hybridized carbons (Fsp3) is 0.182. The van der Waals surface area contributed by atoms with Crippen LogP contribution in [0.2, 0.25) is 0 Å². The molecule has 1 aliphatic heterocycles. The first-order valence-corrected chi connectivity index (χ1v) is 5.20. The van der Waals surface area contributed by atoms with Gasteiger partial charge < -0.3 is 14.6 Å². The molecular weight excluding hydrogens is 238 g/mol. The number of rotatable bonds is 2. The fourth-order valence-electron chi connectivity index (χ4n) is 1.79. The summed E-state index contributed by atoms with van der Waals surface area (Å²) in [5.41, 5.74) is 0.851. The third kappa shape index (κ3) is 1.56. The largest absolute Gasteiger partial charge is 0.476 e. The van der Waals surface area contributed by atoms with Gasteiger partial charge in [-0.1, -0.05) is 0 Å². The van der Waals surface area contributed by atoms with Gasteiger partial charge in [-0.2, -0.15) is 9.90 Å². The van der Waals surface area contributed by atoms with Gasteiger partial charge in [0.15, 0.2) is 17.2 Å². The molecule has 92 valence electrons. The summed E-state index contributed by atoms with van der Waals surface area (Å²) >= 11 is 0.